The summed E-state index contributed by atoms with van der Waals surface area (Å²) in [6, 6.07) is 3.57. The number of nitro benzene ring substituents is 1. The lowest BCUT2D eigenvalue weighted by molar-refractivity contribution is -0.385. The third-order valence-corrected chi connectivity index (χ3v) is 6.71. The summed E-state index contributed by atoms with van der Waals surface area (Å²) in [4.78, 5) is 10.8. The van der Waals surface area contributed by atoms with Crippen molar-refractivity contribution in [2.75, 3.05) is 12.1 Å². The number of rotatable bonds is 6. The zero-order valence-electron chi connectivity index (χ0n) is 14.7. The maximum Gasteiger partial charge on any atom is 0.270 e. The monoisotopic (exact) mass is 408 g/mol. The van der Waals surface area contributed by atoms with Crippen molar-refractivity contribution in [1.82, 2.24) is 10.2 Å². The molecule has 1 N–H and O–H groups in total. The number of hydrogen-bond acceptors (Lipinski definition) is 9. The Bertz CT molecular complexity index is 823. The average molecular weight is 409 g/mol. The Morgan fingerprint density at radius 1 is 1.30 bits per heavy atom. The van der Waals surface area contributed by atoms with E-state index in [0.29, 0.717) is 29.7 Å². The first-order chi connectivity index (χ1) is 13.2. The van der Waals surface area contributed by atoms with Crippen LogP contribution in [-0.2, 0) is 17.1 Å². The molecule has 2 heterocycles. The molecule has 1 fully saturated rings. The van der Waals surface area contributed by atoms with Crippen molar-refractivity contribution in [2.45, 2.75) is 54.8 Å². The number of non-ortho nitro benzene ring substituents is 1. The van der Waals surface area contributed by atoms with E-state index in [9.17, 15) is 10.1 Å². The molecule has 2 aliphatic rings. The lowest BCUT2D eigenvalue weighted by Gasteiger charge is -2.21. The summed E-state index contributed by atoms with van der Waals surface area (Å²) < 4.78 is 11.7. The summed E-state index contributed by atoms with van der Waals surface area (Å²) in [6.45, 7) is 0.486. The fourth-order valence-electron chi connectivity index (χ4n) is 3.38. The van der Waals surface area contributed by atoms with Gasteiger partial charge in [0.15, 0.2) is 11.1 Å². The summed E-state index contributed by atoms with van der Waals surface area (Å²) in [5.74, 6) is 1.21. The van der Waals surface area contributed by atoms with Crippen LogP contribution in [0.15, 0.2) is 16.5 Å². The Labute approximate surface area is 164 Å². The summed E-state index contributed by atoms with van der Waals surface area (Å²) in [5.41, 5.74) is 1.54. The minimum atomic E-state index is -0.389. The lowest BCUT2D eigenvalue weighted by Crippen LogP contribution is -2.21. The number of hydrogen-bond donors (Lipinski definition) is 1. The van der Waals surface area contributed by atoms with E-state index in [1.165, 1.54) is 61.3 Å². The lowest BCUT2D eigenvalue weighted by atomic mass is 9.96. The van der Waals surface area contributed by atoms with Crippen molar-refractivity contribution in [3.63, 3.8) is 0 Å². The van der Waals surface area contributed by atoms with Gasteiger partial charge in [0.25, 0.3) is 5.69 Å². The second kappa shape index (κ2) is 8.41. The SMILES string of the molecule is O=[N+]([O-])c1cc2c(c(CSc3nnc(NC4CCCCC4)s3)c1)OCOC2. The zero-order chi connectivity index (χ0) is 18.6. The largest absolute Gasteiger partial charge is 0.467 e. The summed E-state index contributed by atoms with van der Waals surface area (Å²) >= 11 is 3.04. The molecule has 27 heavy (non-hydrogen) atoms. The molecule has 0 radical (unpaired) electrons. The van der Waals surface area contributed by atoms with E-state index in [2.05, 4.69) is 15.5 Å². The number of thioether (sulfide) groups is 1. The van der Waals surface area contributed by atoms with E-state index in [0.717, 1.165) is 15.0 Å². The molecule has 1 aromatic heterocycles. The molecule has 1 aromatic carbocycles. The van der Waals surface area contributed by atoms with Gasteiger partial charge in [0.05, 0.1) is 11.5 Å². The Morgan fingerprint density at radius 2 is 2.15 bits per heavy atom. The van der Waals surface area contributed by atoms with Crippen LogP contribution in [0.1, 0.15) is 43.2 Å². The third kappa shape index (κ3) is 4.50. The predicted molar refractivity (Wildman–Crippen MR) is 103 cm³/mol. The van der Waals surface area contributed by atoms with Crippen LogP contribution in [-0.4, -0.2) is 28.0 Å². The Kier molecular flexibility index (Phi) is 5.74. The molecule has 8 nitrogen and oxygen atoms in total. The molecule has 0 amide bonds. The van der Waals surface area contributed by atoms with Gasteiger partial charge in [-0.15, -0.1) is 10.2 Å². The van der Waals surface area contributed by atoms with Crippen molar-refractivity contribution >= 4 is 33.9 Å². The molecule has 0 bridgehead atoms. The number of fused-ring (bicyclic) bond motifs is 1. The topological polar surface area (TPSA) is 99.4 Å². The van der Waals surface area contributed by atoms with Crippen LogP contribution in [0, 0.1) is 10.1 Å². The Morgan fingerprint density at radius 3 is 2.96 bits per heavy atom. The van der Waals surface area contributed by atoms with Crippen LogP contribution in [0.5, 0.6) is 5.75 Å². The van der Waals surface area contributed by atoms with Crippen molar-refractivity contribution in [2.24, 2.45) is 0 Å². The van der Waals surface area contributed by atoms with Gasteiger partial charge in [-0.2, -0.15) is 0 Å². The normalized spacial score (nSPS) is 17.2. The van der Waals surface area contributed by atoms with E-state index in [1.54, 1.807) is 6.07 Å². The molecule has 1 aliphatic carbocycles. The number of nitrogens with zero attached hydrogens (tertiary/aromatic N) is 3. The van der Waals surface area contributed by atoms with Crippen LogP contribution in [0.4, 0.5) is 10.8 Å². The highest BCUT2D eigenvalue weighted by Gasteiger charge is 2.21. The van der Waals surface area contributed by atoms with Gasteiger partial charge < -0.3 is 14.8 Å². The number of benzene rings is 1. The zero-order valence-corrected chi connectivity index (χ0v) is 16.3. The molecular formula is C17H20N4O4S2. The predicted octanol–water partition coefficient (Wildman–Crippen LogP) is 4.35. The van der Waals surface area contributed by atoms with Crippen molar-refractivity contribution in [3.8, 4) is 5.75 Å². The van der Waals surface area contributed by atoms with Gasteiger partial charge in [-0.3, -0.25) is 10.1 Å². The Balaban J connectivity index is 1.44. The number of nitrogens with one attached hydrogen (secondary N) is 1. The molecule has 0 atom stereocenters. The highest BCUT2D eigenvalue weighted by Crippen LogP contribution is 2.37. The third-order valence-electron chi connectivity index (χ3n) is 4.67. The summed E-state index contributed by atoms with van der Waals surface area (Å²) in [7, 11) is 0. The van der Waals surface area contributed by atoms with Crippen LogP contribution in [0.25, 0.3) is 0 Å². The first kappa shape index (κ1) is 18.5. The molecule has 0 unspecified atom stereocenters. The number of nitro groups is 1. The summed E-state index contributed by atoms with van der Waals surface area (Å²) in [6.07, 6.45) is 6.21. The fraction of sp³-hybridized carbons (Fsp3) is 0.529. The average Bonchev–Trinajstić information content (AvgIpc) is 3.14. The number of aromatic nitrogens is 2. The van der Waals surface area contributed by atoms with Gasteiger partial charge >= 0.3 is 0 Å². The van der Waals surface area contributed by atoms with Crippen LogP contribution in [0.2, 0.25) is 0 Å². The van der Waals surface area contributed by atoms with Gasteiger partial charge in [-0.05, 0) is 12.8 Å². The van der Waals surface area contributed by atoms with E-state index < -0.39 is 0 Å². The molecule has 10 heteroatoms. The maximum atomic E-state index is 11.2. The fourth-order valence-corrected chi connectivity index (χ4v) is 5.18. The molecule has 1 saturated carbocycles. The molecule has 2 aromatic rings. The van der Waals surface area contributed by atoms with E-state index in [-0.39, 0.29) is 17.4 Å². The minimum Gasteiger partial charge on any atom is -0.467 e. The minimum absolute atomic E-state index is 0.0513. The van der Waals surface area contributed by atoms with Crippen LogP contribution >= 0.6 is 23.1 Å². The van der Waals surface area contributed by atoms with Crippen LogP contribution < -0.4 is 10.1 Å². The highest BCUT2D eigenvalue weighted by atomic mass is 32.2. The van der Waals surface area contributed by atoms with Gasteiger partial charge in [0.2, 0.25) is 5.13 Å². The van der Waals surface area contributed by atoms with Crippen molar-refractivity contribution in [3.05, 3.63) is 33.4 Å². The highest BCUT2D eigenvalue weighted by molar-refractivity contribution is 8.00. The molecule has 1 aliphatic heterocycles. The second-order valence-electron chi connectivity index (χ2n) is 6.60. The Hall–Kier alpha value is -1.91. The second-order valence-corrected chi connectivity index (χ2v) is 8.80. The van der Waals surface area contributed by atoms with Crippen molar-refractivity contribution in [1.29, 1.82) is 0 Å². The summed E-state index contributed by atoms with van der Waals surface area (Å²) in [5, 5.41) is 24.0. The molecule has 0 saturated heterocycles. The van der Waals surface area contributed by atoms with Gasteiger partial charge in [0.1, 0.15) is 5.75 Å². The first-order valence-electron chi connectivity index (χ1n) is 8.92. The van der Waals surface area contributed by atoms with Gasteiger partial charge in [-0.25, -0.2) is 0 Å². The molecular weight excluding hydrogens is 388 g/mol. The van der Waals surface area contributed by atoms with E-state index in [4.69, 9.17) is 9.47 Å². The van der Waals surface area contributed by atoms with E-state index in [1.807, 2.05) is 0 Å². The standard InChI is InChI=1S/C17H20N4O4S2/c22-21(23)14-6-11-8-24-10-25-15(11)12(7-14)9-26-17-20-19-16(27-17)18-13-4-2-1-3-5-13/h6-7,13H,1-5,8-10H2,(H,18,19). The molecule has 4 rings (SSSR count). The van der Waals surface area contributed by atoms with Crippen LogP contribution in [0.3, 0.4) is 0 Å². The maximum absolute atomic E-state index is 11.2. The molecule has 0 spiro atoms. The van der Waals surface area contributed by atoms with Gasteiger partial charge in [-0.1, -0.05) is 42.4 Å². The van der Waals surface area contributed by atoms with Crippen molar-refractivity contribution < 1.29 is 14.4 Å². The quantitative estimate of drug-likeness (QED) is 0.428. The van der Waals surface area contributed by atoms with Gasteiger partial charge in [0, 0.05) is 35.1 Å². The smallest absolute Gasteiger partial charge is 0.270 e. The van der Waals surface area contributed by atoms with E-state index >= 15 is 0 Å². The first-order valence-corrected chi connectivity index (χ1v) is 10.7. The molecule has 144 valence electrons. The number of ether oxygens (including phenoxy) is 2. The number of anilines is 1.